The Bertz CT molecular complexity index is 618. The molecule has 0 bridgehead atoms. The number of halogens is 4. The molecule has 1 aliphatic carbocycles. The summed E-state index contributed by atoms with van der Waals surface area (Å²) >= 11 is 5.82. The number of amides is 1. The number of benzene rings is 1. The Kier molecular flexibility index (Phi) is 5.19. The molecule has 1 N–H and O–H groups in total. The van der Waals surface area contributed by atoms with E-state index < -0.39 is 35.5 Å². The summed E-state index contributed by atoms with van der Waals surface area (Å²) in [5.74, 6) is -3.74. The number of carbonyl (C=O) groups excluding carboxylic acids is 2. The molecular formula is C15H14ClF3NO3-. The monoisotopic (exact) mass is 348 g/mol. The number of carboxylic acid groups (broad SMARTS) is 1. The molecular weight excluding hydrogens is 335 g/mol. The largest absolute Gasteiger partial charge is 0.550 e. The summed E-state index contributed by atoms with van der Waals surface area (Å²) < 4.78 is 38.2. The molecule has 1 aromatic rings. The second-order valence-electron chi connectivity index (χ2n) is 5.50. The van der Waals surface area contributed by atoms with E-state index in [1.807, 2.05) is 0 Å². The van der Waals surface area contributed by atoms with Crippen LogP contribution in [0.2, 0.25) is 5.02 Å². The number of hydrogen-bond donors (Lipinski definition) is 1. The number of hydrogen-bond acceptors (Lipinski definition) is 3. The van der Waals surface area contributed by atoms with Gasteiger partial charge in [-0.1, -0.05) is 24.4 Å². The molecule has 0 radical (unpaired) electrons. The van der Waals surface area contributed by atoms with Gasteiger partial charge in [0, 0.05) is 17.8 Å². The SMILES string of the molecule is O=C([O-])[C@H]1CCCC[C@@H]1C(=O)Nc1cc(C(F)(F)F)ccc1Cl. The summed E-state index contributed by atoms with van der Waals surface area (Å²) in [6.07, 6.45) is -2.55. The molecule has 1 amide bonds. The van der Waals surface area contributed by atoms with Crippen LogP contribution in [0.3, 0.4) is 0 Å². The van der Waals surface area contributed by atoms with Crippen molar-refractivity contribution in [1.29, 1.82) is 0 Å². The number of carboxylic acids is 1. The van der Waals surface area contributed by atoms with Crippen molar-refractivity contribution in [3.05, 3.63) is 28.8 Å². The van der Waals surface area contributed by atoms with Crippen LogP contribution in [0.1, 0.15) is 31.2 Å². The van der Waals surface area contributed by atoms with E-state index in [2.05, 4.69) is 5.32 Å². The number of rotatable bonds is 3. The van der Waals surface area contributed by atoms with E-state index in [1.54, 1.807) is 0 Å². The van der Waals surface area contributed by atoms with Crippen molar-refractivity contribution in [3.63, 3.8) is 0 Å². The van der Waals surface area contributed by atoms with E-state index in [0.29, 0.717) is 25.7 Å². The number of carbonyl (C=O) groups is 2. The third kappa shape index (κ3) is 4.16. The minimum atomic E-state index is -4.57. The molecule has 126 valence electrons. The molecule has 0 aliphatic heterocycles. The molecule has 0 unspecified atom stereocenters. The van der Waals surface area contributed by atoms with Gasteiger partial charge in [-0.2, -0.15) is 13.2 Å². The second kappa shape index (κ2) is 6.78. The third-order valence-electron chi connectivity index (χ3n) is 3.96. The lowest BCUT2D eigenvalue weighted by atomic mass is 9.78. The second-order valence-corrected chi connectivity index (χ2v) is 5.91. The van der Waals surface area contributed by atoms with Gasteiger partial charge < -0.3 is 15.2 Å². The first-order valence-electron chi connectivity index (χ1n) is 7.08. The van der Waals surface area contributed by atoms with Crippen molar-refractivity contribution in [2.45, 2.75) is 31.9 Å². The van der Waals surface area contributed by atoms with Crippen LogP contribution in [0.5, 0.6) is 0 Å². The molecule has 8 heteroatoms. The fourth-order valence-corrected chi connectivity index (χ4v) is 2.91. The van der Waals surface area contributed by atoms with Gasteiger partial charge in [-0.25, -0.2) is 0 Å². The lowest BCUT2D eigenvalue weighted by Gasteiger charge is -2.31. The maximum absolute atomic E-state index is 12.7. The Morgan fingerprint density at radius 1 is 1.17 bits per heavy atom. The van der Waals surface area contributed by atoms with Crippen LogP contribution in [0.15, 0.2) is 18.2 Å². The van der Waals surface area contributed by atoms with Crippen LogP contribution in [-0.2, 0) is 15.8 Å². The molecule has 1 saturated carbocycles. The van der Waals surface area contributed by atoms with E-state index in [-0.39, 0.29) is 10.7 Å². The van der Waals surface area contributed by atoms with Gasteiger partial charge in [0.1, 0.15) is 0 Å². The normalized spacial score (nSPS) is 21.7. The lowest BCUT2D eigenvalue weighted by Crippen LogP contribution is -2.42. The van der Waals surface area contributed by atoms with Crippen molar-refractivity contribution < 1.29 is 27.9 Å². The molecule has 2 rings (SSSR count). The minimum Gasteiger partial charge on any atom is -0.550 e. The molecule has 0 spiro atoms. The number of alkyl halides is 3. The van der Waals surface area contributed by atoms with E-state index >= 15 is 0 Å². The van der Waals surface area contributed by atoms with Gasteiger partial charge in [0.25, 0.3) is 0 Å². The number of aliphatic carboxylic acids is 1. The Hall–Kier alpha value is -1.76. The first kappa shape index (κ1) is 17.6. The summed E-state index contributed by atoms with van der Waals surface area (Å²) in [6.45, 7) is 0. The van der Waals surface area contributed by atoms with Crippen LogP contribution in [-0.4, -0.2) is 11.9 Å². The van der Waals surface area contributed by atoms with Crippen molar-refractivity contribution in [2.75, 3.05) is 5.32 Å². The summed E-state index contributed by atoms with van der Waals surface area (Å²) in [5, 5.41) is 13.4. The van der Waals surface area contributed by atoms with E-state index in [0.717, 1.165) is 18.2 Å². The Balaban J connectivity index is 2.20. The van der Waals surface area contributed by atoms with E-state index in [1.165, 1.54) is 0 Å². The van der Waals surface area contributed by atoms with Gasteiger partial charge in [-0.05, 0) is 31.0 Å². The zero-order valence-corrected chi connectivity index (χ0v) is 12.7. The minimum absolute atomic E-state index is 0.0489. The fraction of sp³-hybridized carbons (Fsp3) is 0.467. The van der Waals surface area contributed by atoms with Crippen molar-refractivity contribution in [3.8, 4) is 0 Å². The van der Waals surface area contributed by atoms with Crippen LogP contribution >= 0.6 is 11.6 Å². The highest BCUT2D eigenvalue weighted by atomic mass is 35.5. The summed E-state index contributed by atoms with van der Waals surface area (Å²) in [6, 6.07) is 2.58. The standard InChI is InChI=1S/C15H15ClF3NO3/c16-11-6-5-8(15(17,18)19)7-12(11)20-13(21)9-3-1-2-4-10(9)14(22)23/h5-7,9-10H,1-4H2,(H,20,21)(H,22,23)/p-1/t9-,10-/m0/s1. The maximum atomic E-state index is 12.7. The molecule has 0 saturated heterocycles. The van der Waals surface area contributed by atoms with E-state index in [4.69, 9.17) is 11.6 Å². The molecule has 0 aromatic heterocycles. The predicted octanol–water partition coefficient (Wildman–Crippen LogP) is 2.85. The van der Waals surface area contributed by atoms with Crippen LogP contribution < -0.4 is 10.4 Å². The molecule has 0 heterocycles. The Morgan fingerprint density at radius 2 is 1.78 bits per heavy atom. The lowest BCUT2D eigenvalue weighted by molar-refractivity contribution is -0.313. The van der Waals surface area contributed by atoms with Crippen molar-refractivity contribution in [1.82, 2.24) is 0 Å². The zero-order valence-electron chi connectivity index (χ0n) is 12.0. The molecule has 2 atom stereocenters. The highest BCUT2D eigenvalue weighted by Gasteiger charge is 2.33. The highest BCUT2D eigenvalue weighted by molar-refractivity contribution is 6.33. The van der Waals surface area contributed by atoms with Crippen molar-refractivity contribution in [2.24, 2.45) is 11.8 Å². The molecule has 23 heavy (non-hydrogen) atoms. The van der Waals surface area contributed by atoms with E-state index in [9.17, 15) is 27.9 Å². The van der Waals surface area contributed by atoms with Gasteiger partial charge in [0.05, 0.1) is 16.3 Å². The topological polar surface area (TPSA) is 69.2 Å². The predicted molar refractivity (Wildman–Crippen MR) is 75.5 cm³/mol. The Morgan fingerprint density at radius 3 is 2.35 bits per heavy atom. The average Bonchev–Trinajstić information content (AvgIpc) is 2.48. The Labute approximate surface area is 135 Å². The summed E-state index contributed by atoms with van der Waals surface area (Å²) in [5.41, 5.74) is -1.13. The van der Waals surface area contributed by atoms with Crippen LogP contribution in [0.25, 0.3) is 0 Å². The highest BCUT2D eigenvalue weighted by Crippen LogP contribution is 2.35. The quantitative estimate of drug-likeness (QED) is 0.913. The average molecular weight is 349 g/mol. The molecule has 4 nitrogen and oxygen atoms in total. The first-order valence-corrected chi connectivity index (χ1v) is 7.46. The van der Waals surface area contributed by atoms with Crippen LogP contribution in [0.4, 0.5) is 18.9 Å². The first-order chi connectivity index (χ1) is 10.7. The number of anilines is 1. The summed E-state index contributed by atoms with van der Waals surface area (Å²) in [7, 11) is 0. The zero-order chi connectivity index (χ0) is 17.2. The number of nitrogens with one attached hydrogen (secondary N) is 1. The van der Waals surface area contributed by atoms with Crippen molar-refractivity contribution >= 4 is 29.2 Å². The van der Waals surface area contributed by atoms with Gasteiger partial charge in [-0.3, -0.25) is 4.79 Å². The van der Waals surface area contributed by atoms with Crippen LogP contribution in [0, 0.1) is 11.8 Å². The summed E-state index contributed by atoms with van der Waals surface area (Å²) in [4.78, 5) is 23.4. The van der Waals surface area contributed by atoms with Gasteiger partial charge in [-0.15, -0.1) is 0 Å². The molecule has 1 aromatic carbocycles. The smallest absolute Gasteiger partial charge is 0.416 e. The van der Waals surface area contributed by atoms with Gasteiger partial charge in [0.15, 0.2) is 0 Å². The maximum Gasteiger partial charge on any atom is 0.416 e. The third-order valence-corrected chi connectivity index (χ3v) is 4.29. The van der Waals surface area contributed by atoms with Gasteiger partial charge >= 0.3 is 6.18 Å². The fourth-order valence-electron chi connectivity index (χ4n) is 2.75. The molecule has 1 fully saturated rings. The molecule has 1 aliphatic rings. The van der Waals surface area contributed by atoms with Gasteiger partial charge in [0.2, 0.25) is 5.91 Å².